The summed E-state index contributed by atoms with van der Waals surface area (Å²) in [6.45, 7) is 1.95. The molecule has 10 heteroatoms. The number of aryl methyl sites for hydroxylation is 2. The van der Waals surface area contributed by atoms with E-state index in [1.807, 2.05) is 42.9 Å². The number of nitrogens with zero attached hydrogens (tertiary/aromatic N) is 6. The molecule has 0 aliphatic heterocycles. The van der Waals surface area contributed by atoms with Gasteiger partial charge in [0, 0.05) is 49.1 Å². The molecule has 4 aromatic heterocycles. The number of fused-ring (bicyclic) bond motifs is 1. The Kier molecular flexibility index (Phi) is 5.05. The molecular weight excluding hydrogens is 434 g/mol. The molecule has 1 aromatic carbocycles. The van der Waals surface area contributed by atoms with E-state index < -0.39 is 6.09 Å². The molecule has 5 rings (SSSR count). The summed E-state index contributed by atoms with van der Waals surface area (Å²) in [5.41, 5.74) is 4.41. The molecule has 34 heavy (non-hydrogen) atoms. The first kappa shape index (κ1) is 21.3. The van der Waals surface area contributed by atoms with Crippen molar-refractivity contribution in [2.24, 2.45) is 14.1 Å². The maximum atomic E-state index is 12.1. The van der Waals surface area contributed by atoms with Crippen LogP contribution in [0.1, 0.15) is 5.82 Å². The Bertz CT molecular complexity index is 1540. The van der Waals surface area contributed by atoms with Gasteiger partial charge in [0.25, 0.3) is 0 Å². The van der Waals surface area contributed by atoms with Gasteiger partial charge in [-0.15, -0.1) is 0 Å². The van der Waals surface area contributed by atoms with Gasteiger partial charge in [-0.25, -0.2) is 19.3 Å². The van der Waals surface area contributed by atoms with Crippen molar-refractivity contribution >= 4 is 28.5 Å². The summed E-state index contributed by atoms with van der Waals surface area (Å²) in [7, 11) is 5.35. The Morgan fingerprint density at radius 3 is 2.50 bits per heavy atom. The Labute approximate surface area is 195 Å². The minimum atomic E-state index is -1.08. The molecule has 4 heterocycles. The molecule has 0 spiro atoms. The van der Waals surface area contributed by atoms with Gasteiger partial charge in [0.05, 0.1) is 42.1 Å². The molecular formula is C24H23N7O3. The van der Waals surface area contributed by atoms with Crippen molar-refractivity contribution < 1.29 is 14.6 Å². The Balaban J connectivity index is 1.53. The van der Waals surface area contributed by atoms with Crippen molar-refractivity contribution in [1.82, 2.24) is 28.9 Å². The average molecular weight is 457 g/mol. The summed E-state index contributed by atoms with van der Waals surface area (Å²) in [4.78, 5) is 21.0. The summed E-state index contributed by atoms with van der Waals surface area (Å²) in [5, 5.41) is 18.0. The van der Waals surface area contributed by atoms with Crippen LogP contribution in [0.4, 0.5) is 16.3 Å². The zero-order chi connectivity index (χ0) is 24.0. The molecule has 0 saturated carbocycles. The Morgan fingerprint density at radius 1 is 1.03 bits per heavy atom. The second kappa shape index (κ2) is 8.07. The molecule has 172 valence electrons. The molecule has 10 nitrogen and oxygen atoms in total. The third-order valence-electron chi connectivity index (χ3n) is 5.86. The number of pyridine rings is 1. The minimum Gasteiger partial charge on any atom is -0.495 e. The van der Waals surface area contributed by atoms with Gasteiger partial charge in [0.2, 0.25) is 0 Å². The van der Waals surface area contributed by atoms with E-state index in [0.717, 1.165) is 17.1 Å². The molecule has 0 aliphatic carbocycles. The van der Waals surface area contributed by atoms with E-state index in [0.29, 0.717) is 39.4 Å². The first-order valence-corrected chi connectivity index (χ1v) is 10.5. The fraction of sp³-hybridized carbons (Fsp3) is 0.167. The highest BCUT2D eigenvalue weighted by Gasteiger charge is 2.18. The number of aromatic nitrogens is 6. The van der Waals surface area contributed by atoms with E-state index in [2.05, 4.69) is 20.4 Å². The number of anilines is 2. The molecule has 5 aromatic rings. The van der Waals surface area contributed by atoms with Gasteiger partial charge in [-0.2, -0.15) is 5.10 Å². The lowest BCUT2D eigenvalue weighted by atomic mass is 10.1. The van der Waals surface area contributed by atoms with E-state index in [-0.39, 0.29) is 0 Å². The van der Waals surface area contributed by atoms with Gasteiger partial charge in [0.15, 0.2) is 0 Å². The molecule has 0 aliphatic rings. The van der Waals surface area contributed by atoms with Crippen LogP contribution in [0.15, 0.2) is 55.1 Å². The number of carbonyl (C=O) groups is 1. The topological polar surface area (TPSA) is 112 Å². The molecule has 2 N–H and O–H groups in total. The highest BCUT2D eigenvalue weighted by molar-refractivity contribution is 5.96. The van der Waals surface area contributed by atoms with Crippen LogP contribution >= 0.6 is 0 Å². The van der Waals surface area contributed by atoms with Gasteiger partial charge in [-0.3, -0.25) is 4.68 Å². The largest absolute Gasteiger partial charge is 0.495 e. The van der Waals surface area contributed by atoms with Crippen LogP contribution in [0.5, 0.6) is 5.75 Å². The number of hydrogen-bond acceptors (Lipinski definition) is 6. The van der Waals surface area contributed by atoms with Gasteiger partial charge in [-0.05, 0) is 25.1 Å². The molecule has 0 unspecified atom stereocenters. The van der Waals surface area contributed by atoms with Crippen molar-refractivity contribution in [3.05, 3.63) is 60.9 Å². The first-order valence-electron chi connectivity index (χ1n) is 10.5. The van der Waals surface area contributed by atoms with Crippen LogP contribution in [-0.2, 0) is 14.1 Å². The Hall–Kier alpha value is -4.60. The van der Waals surface area contributed by atoms with E-state index in [1.54, 1.807) is 49.6 Å². The van der Waals surface area contributed by atoms with Crippen LogP contribution in [0.25, 0.3) is 33.4 Å². The third kappa shape index (κ3) is 3.54. The number of carboxylic acid groups (broad SMARTS) is 1. The molecule has 0 atom stereocenters. The number of ether oxygens (including phenoxy) is 1. The predicted octanol–water partition coefficient (Wildman–Crippen LogP) is 4.42. The maximum Gasteiger partial charge on any atom is 0.416 e. The molecule has 0 radical (unpaired) electrons. The van der Waals surface area contributed by atoms with Gasteiger partial charge < -0.3 is 19.7 Å². The quantitative estimate of drug-likeness (QED) is 0.402. The number of hydrogen-bond donors (Lipinski definition) is 2. The zero-order valence-electron chi connectivity index (χ0n) is 19.1. The molecule has 0 fully saturated rings. The van der Waals surface area contributed by atoms with Crippen molar-refractivity contribution in [2.75, 3.05) is 12.4 Å². The van der Waals surface area contributed by atoms with Gasteiger partial charge in [0.1, 0.15) is 17.4 Å². The standard InChI is InChI=1S/C24H23N7O3/c1-14-25-12-21(30(14)3)15-5-6-18(22(8-15)34-4)28-23-9-20-16(10-26-23)7-19(31(20)24(32)33)17-11-27-29(2)13-17/h5-13H,1-4H3,(H,26,28)(H,32,33). The SMILES string of the molecule is COc1cc(-c2cnc(C)n2C)ccc1Nc1cc2c(cn1)cc(-c1cnn(C)c1)n2C(=O)O. The van der Waals surface area contributed by atoms with Crippen LogP contribution in [0.3, 0.4) is 0 Å². The minimum absolute atomic E-state index is 0.494. The third-order valence-corrected chi connectivity index (χ3v) is 5.86. The van der Waals surface area contributed by atoms with E-state index in [1.165, 1.54) is 4.57 Å². The normalized spacial score (nSPS) is 11.2. The summed E-state index contributed by atoms with van der Waals surface area (Å²) in [6.07, 6.45) is 5.80. The summed E-state index contributed by atoms with van der Waals surface area (Å²) >= 11 is 0. The smallest absolute Gasteiger partial charge is 0.416 e. The highest BCUT2D eigenvalue weighted by atomic mass is 16.5. The monoisotopic (exact) mass is 457 g/mol. The second-order valence-corrected chi connectivity index (χ2v) is 7.97. The second-order valence-electron chi connectivity index (χ2n) is 7.97. The van der Waals surface area contributed by atoms with Crippen molar-refractivity contribution in [2.45, 2.75) is 6.92 Å². The van der Waals surface area contributed by atoms with Crippen molar-refractivity contribution in [3.63, 3.8) is 0 Å². The maximum absolute atomic E-state index is 12.1. The van der Waals surface area contributed by atoms with Crippen LogP contribution < -0.4 is 10.1 Å². The zero-order valence-corrected chi connectivity index (χ0v) is 19.1. The fourth-order valence-corrected chi connectivity index (χ4v) is 4.00. The van der Waals surface area contributed by atoms with E-state index in [4.69, 9.17) is 4.74 Å². The summed E-state index contributed by atoms with van der Waals surface area (Å²) in [5.74, 6) is 2.04. The van der Waals surface area contributed by atoms with E-state index >= 15 is 0 Å². The number of nitrogens with one attached hydrogen (secondary N) is 1. The van der Waals surface area contributed by atoms with Crippen molar-refractivity contribution in [3.8, 4) is 28.3 Å². The van der Waals surface area contributed by atoms with Crippen LogP contribution in [-0.4, -0.2) is 47.2 Å². The number of benzene rings is 1. The first-order chi connectivity index (χ1) is 16.4. The molecule has 0 bridgehead atoms. The average Bonchev–Trinajstić information content (AvgIpc) is 3.51. The van der Waals surface area contributed by atoms with Gasteiger partial charge >= 0.3 is 6.09 Å². The van der Waals surface area contributed by atoms with E-state index in [9.17, 15) is 9.90 Å². The summed E-state index contributed by atoms with van der Waals surface area (Å²) < 4.78 is 10.5. The van der Waals surface area contributed by atoms with Gasteiger partial charge in [-0.1, -0.05) is 6.07 Å². The van der Waals surface area contributed by atoms with Crippen LogP contribution in [0.2, 0.25) is 0 Å². The number of methoxy groups -OCH3 is 1. The predicted molar refractivity (Wildman–Crippen MR) is 129 cm³/mol. The molecule has 0 saturated heterocycles. The lowest BCUT2D eigenvalue weighted by Crippen LogP contribution is -2.09. The lowest BCUT2D eigenvalue weighted by Gasteiger charge is -2.13. The molecule has 0 amide bonds. The van der Waals surface area contributed by atoms with Crippen molar-refractivity contribution in [1.29, 1.82) is 0 Å². The number of rotatable bonds is 5. The number of imidazole rings is 1. The fourth-order valence-electron chi connectivity index (χ4n) is 4.00. The summed E-state index contributed by atoms with van der Waals surface area (Å²) in [6, 6.07) is 9.31. The lowest BCUT2D eigenvalue weighted by molar-refractivity contribution is 0.198. The highest BCUT2D eigenvalue weighted by Crippen LogP contribution is 2.34. The van der Waals surface area contributed by atoms with Crippen LogP contribution in [0, 0.1) is 6.92 Å². The Morgan fingerprint density at radius 2 is 1.85 bits per heavy atom.